The van der Waals surface area contributed by atoms with E-state index in [9.17, 15) is 0 Å². The van der Waals surface area contributed by atoms with Crippen molar-refractivity contribution in [1.29, 1.82) is 0 Å². The van der Waals surface area contributed by atoms with Crippen LogP contribution in [0.3, 0.4) is 0 Å². The number of nitrogens with zero attached hydrogens (tertiary/aromatic N) is 5. The fourth-order valence-electron chi connectivity index (χ4n) is 3.42. The van der Waals surface area contributed by atoms with Crippen LogP contribution >= 0.6 is 15.9 Å². The van der Waals surface area contributed by atoms with E-state index in [1.54, 1.807) is 23.1 Å². The van der Waals surface area contributed by atoms with E-state index in [1.165, 1.54) is 5.56 Å². The highest BCUT2D eigenvalue weighted by Crippen LogP contribution is 2.31. The van der Waals surface area contributed by atoms with Crippen LogP contribution in [0.5, 0.6) is 0 Å². The van der Waals surface area contributed by atoms with Crippen LogP contribution < -0.4 is 11.1 Å². The third kappa shape index (κ3) is 3.25. The molecule has 0 spiro atoms. The van der Waals surface area contributed by atoms with Crippen LogP contribution in [-0.4, -0.2) is 24.6 Å². The standard InChI is InChI=1S/C22H18BrN7/c1-13-4-5-18-14(7-13)8-15(9-27-18)17-11-28-30-21(24)20(23)19(29-22(17)30)12-26-16-3-2-6-25-10-16/h2-11,26H,12,24H2,1H3. The van der Waals surface area contributed by atoms with Crippen LogP contribution in [0.15, 0.2) is 65.7 Å². The van der Waals surface area contributed by atoms with Crippen LogP contribution in [0.25, 0.3) is 27.7 Å². The van der Waals surface area contributed by atoms with E-state index in [4.69, 9.17) is 10.7 Å². The molecule has 0 saturated heterocycles. The molecule has 8 heteroatoms. The number of aryl methyl sites for hydroxylation is 1. The maximum absolute atomic E-state index is 6.35. The molecule has 0 atom stereocenters. The maximum Gasteiger partial charge on any atom is 0.165 e. The van der Waals surface area contributed by atoms with Crippen molar-refractivity contribution in [3.05, 3.63) is 76.9 Å². The number of fused-ring (bicyclic) bond motifs is 2. The molecule has 0 radical (unpaired) electrons. The fraction of sp³-hybridized carbons (Fsp3) is 0.0909. The summed E-state index contributed by atoms with van der Waals surface area (Å²) < 4.78 is 2.36. The maximum atomic E-state index is 6.35. The van der Waals surface area contributed by atoms with Crippen molar-refractivity contribution in [2.45, 2.75) is 13.5 Å². The summed E-state index contributed by atoms with van der Waals surface area (Å²) in [6.45, 7) is 2.56. The molecule has 148 valence electrons. The van der Waals surface area contributed by atoms with Crippen molar-refractivity contribution < 1.29 is 0 Å². The number of hydrogen-bond donors (Lipinski definition) is 2. The van der Waals surface area contributed by atoms with Gasteiger partial charge in [0.1, 0.15) is 5.82 Å². The van der Waals surface area contributed by atoms with Gasteiger partial charge in [0.25, 0.3) is 0 Å². The van der Waals surface area contributed by atoms with Gasteiger partial charge in [0.2, 0.25) is 0 Å². The van der Waals surface area contributed by atoms with E-state index in [1.807, 2.05) is 24.4 Å². The Morgan fingerprint density at radius 3 is 2.87 bits per heavy atom. The Hall–Kier alpha value is -3.52. The minimum atomic E-state index is 0.493. The average molecular weight is 460 g/mol. The number of nitrogens with two attached hydrogens (primary N) is 1. The molecule has 3 N–H and O–H groups in total. The zero-order chi connectivity index (χ0) is 20.7. The summed E-state index contributed by atoms with van der Waals surface area (Å²) in [5.74, 6) is 0.499. The number of anilines is 2. The highest BCUT2D eigenvalue weighted by molar-refractivity contribution is 9.10. The molecule has 5 aromatic rings. The summed E-state index contributed by atoms with van der Waals surface area (Å²) in [4.78, 5) is 13.6. The first-order valence-corrected chi connectivity index (χ1v) is 10.2. The molecule has 4 aromatic heterocycles. The molecule has 5 rings (SSSR count). The Balaban J connectivity index is 1.59. The van der Waals surface area contributed by atoms with Gasteiger partial charge in [-0.1, -0.05) is 11.6 Å². The van der Waals surface area contributed by atoms with E-state index in [-0.39, 0.29) is 0 Å². The quantitative estimate of drug-likeness (QED) is 0.407. The second kappa shape index (κ2) is 7.38. The number of aromatic nitrogens is 5. The molecular formula is C22H18BrN7. The van der Waals surface area contributed by atoms with E-state index in [2.05, 4.69) is 61.4 Å². The molecule has 0 unspecified atom stereocenters. The van der Waals surface area contributed by atoms with Crippen molar-refractivity contribution in [2.24, 2.45) is 0 Å². The fourth-order valence-corrected chi connectivity index (χ4v) is 3.81. The summed E-state index contributed by atoms with van der Waals surface area (Å²) in [6.07, 6.45) is 7.13. The summed E-state index contributed by atoms with van der Waals surface area (Å²) in [5, 5.41) is 8.86. The van der Waals surface area contributed by atoms with Gasteiger partial charge < -0.3 is 11.1 Å². The lowest BCUT2D eigenvalue weighted by Crippen LogP contribution is -2.09. The second-order valence-corrected chi connectivity index (χ2v) is 7.86. The minimum absolute atomic E-state index is 0.493. The number of halogens is 1. The van der Waals surface area contributed by atoms with Gasteiger partial charge in [-0.2, -0.15) is 9.61 Å². The Morgan fingerprint density at radius 1 is 1.13 bits per heavy atom. The first kappa shape index (κ1) is 18.5. The molecule has 4 heterocycles. The second-order valence-electron chi connectivity index (χ2n) is 7.07. The highest BCUT2D eigenvalue weighted by Gasteiger charge is 2.16. The number of nitrogen functional groups attached to an aromatic ring is 1. The van der Waals surface area contributed by atoms with Crippen LogP contribution in [0.2, 0.25) is 0 Å². The zero-order valence-corrected chi connectivity index (χ0v) is 17.8. The summed E-state index contributed by atoms with van der Waals surface area (Å²) >= 11 is 3.56. The Morgan fingerprint density at radius 2 is 2.03 bits per heavy atom. The number of benzene rings is 1. The molecule has 0 bridgehead atoms. The van der Waals surface area contributed by atoms with Crippen molar-refractivity contribution in [2.75, 3.05) is 11.1 Å². The predicted octanol–water partition coefficient (Wildman–Crippen LogP) is 4.60. The minimum Gasteiger partial charge on any atom is -0.383 e. The van der Waals surface area contributed by atoms with Gasteiger partial charge in [0.15, 0.2) is 5.65 Å². The van der Waals surface area contributed by atoms with Gasteiger partial charge in [0, 0.05) is 35.1 Å². The van der Waals surface area contributed by atoms with Crippen LogP contribution in [-0.2, 0) is 6.54 Å². The third-order valence-electron chi connectivity index (χ3n) is 4.96. The Bertz CT molecular complexity index is 1380. The number of rotatable bonds is 4. The first-order chi connectivity index (χ1) is 14.6. The molecule has 0 aliphatic heterocycles. The van der Waals surface area contributed by atoms with Gasteiger partial charge >= 0.3 is 0 Å². The molecule has 7 nitrogen and oxygen atoms in total. The summed E-state index contributed by atoms with van der Waals surface area (Å²) in [7, 11) is 0. The van der Waals surface area contributed by atoms with Gasteiger partial charge in [-0.05, 0) is 53.2 Å². The first-order valence-electron chi connectivity index (χ1n) is 9.42. The van der Waals surface area contributed by atoms with E-state index in [0.29, 0.717) is 22.5 Å². The molecule has 0 saturated carbocycles. The predicted molar refractivity (Wildman–Crippen MR) is 122 cm³/mol. The monoisotopic (exact) mass is 459 g/mol. The van der Waals surface area contributed by atoms with Crippen molar-refractivity contribution in [3.8, 4) is 11.1 Å². The Labute approximate surface area is 181 Å². The lowest BCUT2D eigenvalue weighted by atomic mass is 10.1. The van der Waals surface area contributed by atoms with Gasteiger partial charge in [-0.15, -0.1) is 0 Å². The smallest absolute Gasteiger partial charge is 0.165 e. The van der Waals surface area contributed by atoms with Crippen molar-refractivity contribution in [3.63, 3.8) is 0 Å². The van der Waals surface area contributed by atoms with E-state index < -0.39 is 0 Å². The molecule has 0 aliphatic carbocycles. The van der Waals surface area contributed by atoms with E-state index >= 15 is 0 Å². The topological polar surface area (TPSA) is 94.0 Å². The zero-order valence-electron chi connectivity index (χ0n) is 16.2. The summed E-state index contributed by atoms with van der Waals surface area (Å²) in [6, 6.07) is 12.2. The van der Waals surface area contributed by atoms with Gasteiger partial charge in [-0.3, -0.25) is 9.97 Å². The van der Waals surface area contributed by atoms with Crippen molar-refractivity contribution >= 4 is 44.0 Å². The average Bonchev–Trinajstić information content (AvgIpc) is 3.19. The molecule has 0 amide bonds. The number of nitrogens with one attached hydrogen (secondary N) is 1. The molecule has 0 aliphatic rings. The molecular weight excluding hydrogens is 442 g/mol. The molecule has 30 heavy (non-hydrogen) atoms. The van der Waals surface area contributed by atoms with Crippen LogP contribution in [0.1, 0.15) is 11.3 Å². The third-order valence-corrected chi connectivity index (χ3v) is 5.82. The number of hydrogen-bond acceptors (Lipinski definition) is 6. The lowest BCUT2D eigenvalue weighted by Gasteiger charge is -2.11. The highest BCUT2D eigenvalue weighted by atomic mass is 79.9. The largest absolute Gasteiger partial charge is 0.383 e. The Kier molecular flexibility index (Phi) is 4.55. The normalized spacial score (nSPS) is 11.3. The van der Waals surface area contributed by atoms with Crippen molar-refractivity contribution in [1.82, 2.24) is 24.6 Å². The molecule has 1 aromatic carbocycles. The van der Waals surface area contributed by atoms with Gasteiger partial charge in [-0.25, -0.2) is 4.98 Å². The van der Waals surface area contributed by atoms with Gasteiger partial charge in [0.05, 0.1) is 34.1 Å². The SMILES string of the molecule is Cc1ccc2ncc(-c3cnn4c(N)c(Br)c(CNc5cccnc5)nc34)cc2c1. The van der Waals surface area contributed by atoms with Crippen LogP contribution in [0, 0.1) is 6.92 Å². The summed E-state index contributed by atoms with van der Waals surface area (Å²) in [5.41, 5.74) is 12.7. The van der Waals surface area contributed by atoms with Crippen LogP contribution in [0.4, 0.5) is 11.5 Å². The number of pyridine rings is 2. The lowest BCUT2D eigenvalue weighted by molar-refractivity contribution is 0.917. The van der Waals surface area contributed by atoms with E-state index in [0.717, 1.165) is 33.4 Å². The molecule has 0 fully saturated rings.